The van der Waals surface area contributed by atoms with Crippen LogP contribution < -0.4 is 20.7 Å². The van der Waals surface area contributed by atoms with Crippen LogP contribution in [0, 0.1) is 23.1 Å². The smallest absolute Gasteiger partial charge is 0.267 e. The zero-order chi connectivity index (χ0) is 28.2. The summed E-state index contributed by atoms with van der Waals surface area (Å²) < 4.78 is 20.9. The van der Waals surface area contributed by atoms with E-state index in [1.165, 1.54) is 30.3 Å². The van der Waals surface area contributed by atoms with Gasteiger partial charge in [0, 0.05) is 39.6 Å². The lowest BCUT2D eigenvalue weighted by atomic mass is 9.97. The van der Waals surface area contributed by atoms with Crippen LogP contribution >= 0.6 is 23.2 Å². The minimum atomic E-state index is -0.753. The number of aromatic amines is 1. The van der Waals surface area contributed by atoms with E-state index < -0.39 is 11.7 Å². The predicted molar refractivity (Wildman–Crippen MR) is 151 cm³/mol. The van der Waals surface area contributed by atoms with Crippen molar-refractivity contribution in [2.24, 2.45) is 5.92 Å². The van der Waals surface area contributed by atoms with E-state index in [1.807, 2.05) is 6.07 Å². The number of ether oxygens (including phenoxy) is 1. The van der Waals surface area contributed by atoms with Gasteiger partial charge >= 0.3 is 0 Å². The van der Waals surface area contributed by atoms with Gasteiger partial charge in [-0.2, -0.15) is 5.26 Å². The monoisotopic (exact) mass is 579 g/mol. The van der Waals surface area contributed by atoms with Gasteiger partial charge in [-0.1, -0.05) is 29.3 Å². The van der Waals surface area contributed by atoms with Gasteiger partial charge in [0.15, 0.2) is 11.6 Å². The predicted octanol–water partition coefficient (Wildman–Crippen LogP) is 6.15. The van der Waals surface area contributed by atoms with Gasteiger partial charge in [-0.15, -0.1) is 0 Å². The summed E-state index contributed by atoms with van der Waals surface area (Å²) in [6, 6.07) is 16.2. The fourth-order valence-corrected chi connectivity index (χ4v) is 4.95. The third-order valence-corrected chi connectivity index (χ3v) is 7.15. The maximum Gasteiger partial charge on any atom is 0.267 e. The van der Waals surface area contributed by atoms with Crippen molar-refractivity contribution in [3.05, 3.63) is 87.3 Å². The Morgan fingerprint density at radius 1 is 1.07 bits per heavy atom. The standard InChI is InChI=1S/C29H24Cl2FN5O3/c30-20-9-16(14-33)10-22(13-20)40-27-23(31)3-1-18(26(27)32)15-35-29(39)25-12-19-11-21(2-4-24(19)37-25)36-28(38)17-5-7-34-8-6-17/h1-4,9-13,17,34,37H,5-8,15H2,(H,35,39)(H,36,38). The fraction of sp³-hybridized carbons (Fsp3) is 0.207. The molecule has 40 heavy (non-hydrogen) atoms. The number of piperidine rings is 1. The molecule has 2 amide bonds. The lowest BCUT2D eigenvalue weighted by Gasteiger charge is -2.21. The highest BCUT2D eigenvalue weighted by Gasteiger charge is 2.21. The van der Waals surface area contributed by atoms with Crippen LogP contribution in [-0.2, 0) is 11.3 Å². The minimum absolute atomic E-state index is 0.0106. The van der Waals surface area contributed by atoms with Crippen molar-refractivity contribution in [3.8, 4) is 17.6 Å². The Bertz CT molecular complexity index is 1640. The average molecular weight is 580 g/mol. The first kappa shape index (κ1) is 27.5. The number of hydrogen-bond donors (Lipinski definition) is 4. The van der Waals surface area contributed by atoms with Crippen LogP contribution in [0.25, 0.3) is 10.9 Å². The Morgan fingerprint density at radius 2 is 1.88 bits per heavy atom. The molecular weight excluding hydrogens is 556 g/mol. The van der Waals surface area contributed by atoms with Crippen LogP contribution in [0.1, 0.15) is 34.5 Å². The number of H-pyrrole nitrogens is 1. The van der Waals surface area contributed by atoms with Crippen LogP contribution in [0.3, 0.4) is 0 Å². The van der Waals surface area contributed by atoms with Gasteiger partial charge in [0.25, 0.3) is 5.91 Å². The van der Waals surface area contributed by atoms with Crippen LogP contribution in [0.2, 0.25) is 10.0 Å². The molecule has 5 rings (SSSR count). The molecule has 1 aromatic heterocycles. The summed E-state index contributed by atoms with van der Waals surface area (Å²) in [6.07, 6.45) is 1.60. The van der Waals surface area contributed by atoms with E-state index in [9.17, 15) is 9.59 Å². The molecule has 0 unspecified atom stereocenters. The van der Waals surface area contributed by atoms with Gasteiger partial charge in [-0.25, -0.2) is 4.39 Å². The zero-order valence-corrected chi connectivity index (χ0v) is 22.6. The van der Waals surface area contributed by atoms with Crippen molar-refractivity contribution in [1.29, 1.82) is 5.26 Å². The molecule has 4 N–H and O–H groups in total. The van der Waals surface area contributed by atoms with Crippen LogP contribution in [-0.4, -0.2) is 29.9 Å². The molecule has 8 nitrogen and oxygen atoms in total. The Labute approximate surface area is 239 Å². The van der Waals surface area contributed by atoms with Crippen molar-refractivity contribution in [2.75, 3.05) is 18.4 Å². The fourth-order valence-electron chi connectivity index (χ4n) is 4.54. The number of carbonyl (C=O) groups is 2. The van der Waals surface area contributed by atoms with Crippen molar-refractivity contribution >= 4 is 51.6 Å². The summed E-state index contributed by atoms with van der Waals surface area (Å²) in [4.78, 5) is 28.5. The number of aromatic nitrogens is 1. The van der Waals surface area contributed by atoms with Crippen LogP contribution in [0.4, 0.5) is 10.1 Å². The Morgan fingerprint density at radius 3 is 2.65 bits per heavy atom. The Hall–Kier alpha value is -4.10. The lowest BCUT2D eigenvalue weighted by molar-refractivity contribution is -0.120. The zero-order valence-electron chi connectivity index (χ0n) is 21.1. The Balaban J connectivity index is 1.26. The molecule has 3 aromatic carbocycles. The maximum absolute atomic E-state index is 15.3. The summed E-state index contributed by atoms with van der Waals surface area (Å²) >= 11 is 12.2. The molecular formula is C29H24Cl2FN5O3. The third-order valence-electron chi connectivity index (χ3n) is 6.63. The van der Waals surface area contributed by atoms with Gasteiger partial charge in [0.1, 0.15) is 11.4 Å². The van der Waals surface area contributed by atoms with Crippen LogP contribution in [0.5, 0.6) is 11.5 Å². The maximum atomic E-state index is 15.3. The number of halogens is 3. The number of nitrogens with zero attached hydrogens (tertiary/aromatic N) is 1. The van der Waals surface area contributed by atoms with Crippen molar-refractivity contribution in [3.63, 3.8) is 0 Å². The van der Waals surface area contributed by atoms with Gasteiger partial charge in [0.2, 0.25) is 5.91 Å². The first-order valence-corrected chi connectivity index (χ1v) is 13.3. The van der Waals surface area contributed by atoms with E-state index in [0.29, 0.717) is 5.69 Å². The number of benzene rings is 3. The molecule has 0 radical (unpaired) electrons. The largest absolute Gasteiger partial charge is 0.453 e. The van der Waals surface area contributed by atoms with Gasteiger partial charge < -0.3 is 25.7 Å². The second-order valence-corrected chi connectivity index (χ2v) is 10.3. The molecule has 0 spiro atoms. The molecule has 1 aliphatic rings. The quantitative estimate of drug-likeness (QED) is 0.209. The van der Waals surface area contributed by atoms with Crippen molar-refractivity contribution < 1.29 is 18.7 Å². The minimum Gasteiger partial charge on any atom is -0.453 e. The summed E-state index contributed by atoms with van der Waals surface area (Å²) in [5, 5.41) is 19.1. The van der Waals surface area contributed by atoms with Gasteiger partial charge in [-0.3, -0.25) is 9.59 Å². The normalized spacial score (nSPS) is 13.6. The first-order chi connectivity index (χ1) is 19.3. The summed E-state index contributed by atoms with van der Waals surface area (Å²) in [5.41, 5.74) is 2.05. The van der Waals surface area contributed by atoms with Crippen LogP contribution in [0.15, 0.2) is 54.6 Å². The number of fused-ring (bicyclic) bond motifs is 1. The summed E-state index contributed by atoms with van der Waals surface area (Å²) in [7, 11) is 0. The van der Waals surface area contributed by atoms with E-state index in [4.69, 9.17) is 33.2 Å². The van der Waals surface area contributed by atoms with E-state index in [1.54, 1.807) is 24.3 Å². The van der Waals surface area contributed by atoms with E-state index in [0.717, 1.165) is 36.8 Å². The molecule has 2 heterocycles. The highest BCUT2D eigenvalue weighted by molar-refractivity contribution is 6.32. The molecule has 11 heteroatoms. The van der Waals surface area contributed by atoms with Gasteiger partial charge in [-0.05, 0) is 74.5 Å². The number of nitrogens with one attached hydrogen (secondary N) is 4. The second-order valence-electron chi connectivity index (χ2n) is 9.42. The number of carbonyl (C=O) groups excluding carboxylic acids is 2. The highest BCUT2D eigenvalue weighted by Crippen LogP contribution is 2.35. The number of hydrogen-bond acceptors (Lipinski definition) is 5. The summed E-state index contributed by atoms with van der Waals surface area (Å²) in [5.74, 6) is -1.33. The number of rotatable bonds is 7. The van der Waals surface area contributed by atoms with Crippen molar-refractivity contribution in [2.45, 2.75) is 19.4 Å². The van der Waals surface area contributed by atoms with E-state index in [-0.39, 0.29) is 56.7 Å². The highest BCUT2D eigenvalue weighted by atomic mass is 35.5. The molecule has 4 aromatic rings. The molecule has 1 fully saturated rings. The third kappa shape index (κ3) is 6.20. The van der Waals surface area contributed by atoms with Crippen molar-refractivity contribution in [1.82, 2.24) is 15.6 Å². The average Bonchev–Trinajstić information content (AvgIpc) is 3.38. The molecule has 0 saturated carbocycles. The van der Waals surface area contributed by atoms with E-state index >= 15 is 4.39 Å². The number of nitriles is 1. The topological polar surface area (TPSA) is 119 Å². The lowest BCUT2D eigenvalue weighted by Crippen LogP contribution is -2.34. The molecule has 204 valence electrons. The molecule has 0 atom stereocenters. The molecule has 1 aliphatic heterocycles. The second kappa shape index (κ2) is 12.0. The van der Waals surface area contributed by atoms with E-state index in [2.05, 4.69) is 20.9 Å². The summed E-state index contributed by atoms with van der Waals surface area (Å²) in [6.45, 7) is 1.52. The molecule has 0 bridgehead atoms. The number of amides is 2. The molecule has 1 saturated heterocycles. The molecule has 0 aliphatic carbocycles. The first-order valence-electron chi connectivity index (χ1n) is 12.6. The number of anilines is 1. The Kier molecular flexibility index (Phi) is 8.21. The van der Waals surface area contributed by atoms with Gasteiger partial charge in [0.05, 0.1) is 16.7 Å². The SMILES string of the molecule is N#Cc1cc(Cl)cc(Oc2c(Cl)ccc(CNC(=O)c3cc4cc(NC(=O)C5CCNCC5)ccc4[nH]3)c2F)c1.